The standard InChI is InChI=1S/C47H54O6S2/c1-4-7-9-10-11-12-14-19-36-24-30-44(52-32-6-3)43(34-36)47(48)42-23-18-17-22-41(42)37-25-31-45(54-40-28-26-38(27-29-40)51-33-8-5-2)46(35-37)55(49,50)53-39-20-15-13-16-21-39/h6,13,15-18,20-31,34-35,47-48H,3-5,7-12,14,19,32-33H2,1-2H3. The van der Waals surface area contributed by atoms with E-state index in [0.29, 0.717) is 46.1 Å². The van der Waals surface area contributed by atoms with E-state index in [2.05, 4.69) is 26.5 Å². The van der Waals surface area contributed by atoms with Crippen LogP contribution in [0, 0.1) is 0 Å². The van der Waals surface area contributed by atoms with Gasteiger partial charge in [-0.05, 0) is 102 Å². The first-order chi connectivity index (χ1) is 26.8. The Labute approximate surface area is 332 Å². The molecule has 0 amide bonds. The molecule has 5 rings (SSSR count). The lowest BCUT2D eigenvalue weighted by atomic mass is 9.91. The second kappa shape index (κ2) is 21.6. The molecule has 55 heavy (non-hydrogen) atoms. The van der Waals surface area contributed by atoms with Crippen molar-refractivity contribution < 1.29 is 27.2 Å². The molecule has 5 aromatic carbocycles. The molecule has 0 aliphatic carbocycles. The van der Waals surface area contributed by atoms with Crippen molar-refractivity contribution in [1.29, 1.82) is 0 Å². The minimum Gasteiger partial charge on any atom is -0.494 e. The Bertz CT molecular complexity index is 2040. The van der Waals surface area contributed by atoms with E-state index in [0.717, 1.165) is 41.9 Å². The van der Waals surface area contributed by atoms with Gasteiger partial charge >= 0.3 is 10.1 Å². The number of benzene rings is 5. The number of aliphatic hydroxyl groups excluding tert-OH is 1. The van der Waals surface area contributed by atoms with Gasteiger partial charge in [-0.3, -0.25) is 0 Å². The molecule has 0 heterocycles. The molecule has 0 aromatic heterocycles. The van der Waals surface area contributed by atoms with Gasteiger partial charge in [-0.25, -0.2) is 0 Å². The molecule has 0 saturated carbocycles. The monoisotopic (exact) mass is 778 g/mol. The van der Waals surface area contributed by atoms with Crippen LogP contribution in [-0.4, -0.2) is 26.7 Å². The number of aliphatic hydroxyl groups is 1. The Morgan fingerprint density at radius 1 is 0.709 bits per heavy atom. The highest BCUT2D eigenvalue weighted by atomic mass is 32.2. The number of hydrogen-bond acceptors (Lipinski definition) is 7. The van der Waals surface area contributed by atoms with Crippen molar-refractivity contribution in [3.05, 3.63) is 145 Å². The van der Waals surface area contributed by atoms with Crippen molar-refractivity contribution in [1.82, 2.24) is 0 Å². The lowest BCUT2D eigenvalue weighted by Gasteiger charge is -2.21. The van der Waals surface area contributed by atoms with Gasteiger partial charge in [-0.1, -0.05) is 138 Å². The van der Waals surface area contributed by atoms with E-state index in [1.54, 1.807) is 48.5 Å². The van der Waals surface area contributed by atoms with Gasteiger partial charge < -0.3 is 18.8 Å². The first kappa shape index (κ1) is 41.7. The molecule has 0 aliphatic rings. The third kappa shape index (κ3) is 12.2. The van der Waals surface area contributed by atoms with Crippen LogP contribution in [0.15, 0.2) is 143 Å². The van der Waals surface area contributed by atoms with E-state index in [4.69, 9.17) is 13.7 Å². The normalized spacial score (nSPS) is 11.9. The second-order valence-corrected chi connectivity index (χ2v) is 16.3. The van der Waals surface area contributed by atoms with E-state index in [1.165, 1.54) is 50.3 Å². The van der Waals surface area contributed by atoms with Gasteiger partial charge in [0.2, 0.25) is 0 Å². The molecular weight excluding hydrogens is 725 g/mol. The summed E-state index contributed by atoms with van der Waals surface area (Å²) >= 11 is 1.34. The molecule has 6 nitrogen and oxygen atoms in total. The minimum atomic E-state index is -4.28. The van der Waals surface area contributed by atoms with Crippen molar-refractivity contribution in [2.24, 2.45) is 0 Å². The smallest absolute Gasteiger partial charge is 0.340 e. The lowest BCUT2D eigenvalue weighted by Crippen LogP contribution is -2.11. The predicted molar refractivity (Wildman–Crippen MR) is 225 cm³/mol. The SMILES string of the molecule is C=CCOc1ccc(CCCCCCCCC)cc1C(O)c1ccccc1-c1ccc(Sc2ccc(OCCCC)cc2)c(S(=O)(=O)Oc2ccccc2)c1. The Hall–Kier alpha value is -4.50. The van der Waals surface area contributed by atoms with E-state index < -0.39 is 16.2 Å². The molecule has 5 aromatic rings. The molecule has 0 bridgehead atoms. The number of unbranched alkanes of at least 4 members (excludes halogenated alkanes) is 7. The van der Waals surface area contributed by atoms with Crippen LogP contribution in [0.3, 0.4) is 0 Å². The molecule has 290 valence electrons. The molecule has 0 fully saturated rings. The average Bonchev–Trinajstić information content (AvgIpc) is 3.20. The van der Waals surface area contributed by atoms with Gasteiger partial charge in [0.05, 0.1) is 6.61 Å². The van der Waals surface area contributed by atoms with Crippen molar-refractivity contribution in [3.63, 3.8) is 0 Å². The fraction of sp³-hybridized carbons (Fsp3) is 0.319. The fourth-order valence-corrected chi connectivity index (χ4v) is 8.66. The summed E-state index contributed by atoms with van der Waals surface area (Å²) in [5.41, 5.74) is 3.75. The topological polar surface area (TPSA) is 82.1 Å². The molecular formula is C47H54O6S2. The van der Waals surface area contributed by atoms with Crippen LogP contribution >= 0.6 is 11.8 Å². The van der Waals surface area contributed by atoms with Gasteiger partial charge in [0.1, 0.15) is 34.9 Å². The van der Waals surface area contributed by atoms with Gasteiger partial charge in [0, 0.05) is 15.4 Å². The summed E-state index contributed by atoms with van der Waals surface area (Å²) in [5, 5.41) is 12.1. The maximum absolute atomic E-state index is 14.1. The maximum atomic E-state index is 14.1. The number of para-hydroxylation sites is 1. The van der Waals surface area contributed by atoms with Crippen LogP contribution < -0.4 is 13.7 Å². The summed E-state index contributed by atoms with van der Waals surface area (Å²) < 4.78 is 45.7. The summed E-state index contributed by atoms with van der Waals surface area (Å²) in [7, 11) is -4.28. The number of aryl methyl sites for hydroxylation is 1. The second-order valence-electron chi connectivity index (χ2n) is 13.6. The summed E-state index contributed by atoms with van der Waals surface area (Å²) in [6.07, 6.45) is 12.2. The maximum Gasteiger partial charge on any atom is 0.340 e. The fourth-order valence-electron chi connectivity index (χ4n) is 6.37. The van der Waals surface area contributed by atoms with E-state index in [1.807, 2.05) is 66.7 Å². The van der Waals surface area contributed by atoms with Crippen LogP contribution in [0.25, 0.3) is 11.1 Å². The zero-order valence-corrected chi connectivity index (χ0v) is 33.8. The van der Waals surface area contributed by atoms with Crippen molar-refractivity contribution >= 4 is 21.9 Å². The van der Waals surface area contributed by atoms with Crippen molar-refractivity contribution in [2.45, 2.75) is 98.8 Å². The third-order valence-corrected chi connectivity index (χ3v) is 11.8. The van der Waals surface area contributed by atoms with Crippen LogP contribution in [0.5, 0.6) is 17.2 Å². The Morgan fingerprint density at radius 2 is 1.42 bits per heavy atom. The lowest BCUT2D eigenvalue weighted by molar-refractivity contribution is 0.213. The summed E-state index contributed by atoms with van der Waals surface area (Å²) in [6.45, 7) is 9.11. The van der Waals surface area contributed by atoms with Gasteiger partial charge in [0.25, 0.3) is 0 Å². The van der Waals surface area contributed by atoms with Crippen LogP contribution in [0.2, 0.25) is 0 Å². The molecule has 1 N–H and O–H groups in total. The van der Waals surface area contributed by atoms with Crippen molar-refractivity contribution in [2.75, 3.05) is 13.2 Å². The average molecular weight is 779 g/mol. The Balaban J connectivity index is 1.48. The molecule has 8 heteroatoms. The largest absolute Gasteiger partial charge is 0.494 e. The van der Waals surface area contributed by atoms with E-state index in [-0.39, 0.29) is 10.6 Å². The minimum absolute atomic E-state index is 0.0260. The first-order valence-electron chi connectivity index (χ1n) is 19.5. The summed E-state index contributed by atoms with van der Waals surface area (Å²) in [6, 6.07) is 35.1. The van der Waals surface area contributed by atoms with E-state index in [9.17, 15) is 13.5 Å². The molecule has 0 aliphatic heterocycles. The molecule has 0 saturated heterocycles. The Morgan fingerprint density at radius 3 is 2.16 bits per heavy atom. The van der Waals surface area contributed by atoms with Crippen LogP contribution in [-0.2, 0) is 16.5 Å². The van der Waals surface area contributed by atoms with Crippen LogP contribution in [0.1, 0.15) is 94.4 Å². The van der Waals surface area contributed by atoms with E-state index >= 15 is 0 Å². The number of ether oxygens (including phenoxy) is 2. The molecule has 0 radical (unpaired) electrons. The first-order valence-corrected chi connectivity index (χ1v) is 21.7. The number of hydrogen-bond donors (Lipinski definition) is 1. The highest BCUT2D eigenvalue weighted by molar-refractivity contribution is 8.00. The zero-order valence-electron chi connectivity index (χ0n) is 32.1. The zero-order chi connectivity index (χ0) is 38.9. The quantitative estimate of drug-likeness (QED) is 0.0402. The molecule has 0 spiro atoms. The molecule has 1 unspecified atom stereocenters. The summed E-state index contributed by atoms with van der Waals surface area (Å²) in [5.74, 6) is 1.57. The predicted octanol–water partition coefficient (Wildman–Crippen LogP) is 12.4. The van der Waals surface area contributed by atoms with Crippen molar-refractivity contribution in [3.8, 4) is 28.4 Å². The van der Waals surface area contributed by atoms with Crippen LogP contribution in [0.4, 0.5) is 0 Å². The molecule has 1 atom stereocenters. The number of rotatable bonds is 23. The highest BCUT2D eigenvalue weighted by Gasteiger charge is 2.25. The van der Waals surface area contributed by atoms with Gasteiger partial charge in [-0.15, -0.1) is 0 Å². The third-order valence-electron chi connectivity index (χ3n) is 9.34. The summed E-state index contributed by atoms with van der Waals surface area (Å²) in [4.78, 5) is 1.39. The Kier molecular flexibility index (Phi) is 16.3. The van der Waals surface area contributed by atoms with Gasteiger partial charge in [0.15, 0.2) is 0 Å². The highest BCUT2D eigenvalue weighted by Crippen LogP contribution is 2.41. The van der Waals surface area contributed by atoms with Gasteiger partial charge in [-0.2, -0.15) is 8.42 Å².